The molecule has 4 N–H and O–H groups in total. The third-order valence-corrected chi connectivity index (χ3v) is 9.24. The van der Waals surface area contributed by atoms with Crippen molar-refractivity contribution < 1.29 is 51.6 Å². The summed E-state index contributed by atoms with van der Waals surface area (Å²) in [5, 5.41) is 23.3. The molecule has 4 aromatic rings. The van der Waals surface area contributed by atoms with Crippen LogP contribution in [-0.2, 0) is 11.3 Å². The minimum Gasteiger partial charge on any atom is -0.479 e. The first kappa shape index (κ1) is 33.9. The number of fused-ring (bicyclic) bond motifs is 2. The fourth-order valence-corrected chi connectivity index (χ4v) is 6.53. The molecule has 2 heterocycles. The number of nitrogens with one attached hydrogen (secondary N) is 2. The maximum atomic E-state index is 13.8. The number of carboxylic acids is 1. The summed E-state index contributed by atoms with van der Waals surface area (Å²) in [7, 11) is 0. The Bertz CT molecular complexity index is 1810. The number of aliphatic hydroxyl groups excluding tert-OH is 1. The Morgan fingerprint density at radius 2 is 1.57 bits per heavy atom. The minimum atomic E-state index is -4.89. The number of thiazole rings is 1. The number of hydrogen-bond donors (Lipinski definition) is 4. The lowest BCUT2D eigenvalue weighted by molar-refractivity contribution is -0.391. The SMILES string of the molecule is O=C(NC[C@@H](O)C(=O)O)c1ccc(CN(C(=O)Nc2nc3cc4c(cc3s2)OC(F)(F)C(F)(F)O4)c2ccc(C3CCCCC3)cc2)cc1. The van der Waals surface area contributed by atoms with E-state index in [2.05, 4.69) is 25.1 Å². The van der Waals surface area contributed by atoms with E-state index in [1.165, 1.54) is 29.0 Å². The van der Waals surface area contributed by atoms with Crippen LogP contribution in [-0.4, -0.2) is 58.0 Å². The van der Waals surface area contributed by atoms with E-state index in [1.807, 2.05) is 24.3 Å². The van der Waals surface area contributed by atoms with Crippen molar-refractivity contribution in [3.8, 4) is 11.5 Å². The zero-order valence-corrected chi connectivity index (χ0v) is 26.4. The molecule has 0 spiro atoms. The van der Waals surface area contributed by atoms with E-state index in [0.29, 0.717) is 17.2 Å². The lowest BCUT2D eigenvalue weighted by atomic mass is 9.84. The number of benzene rings is 3. The highest BCUT2D eigenvalue weighted by Crippen LogP contribution is 2.49. The average molecular weight is 703 g/mol. The number of halogens is 4. The molecule has 1 atom stereocenters. The van der Waals surface area contributed by atoms with Crippen molar-refractivity contribution in [2.24, 2.45) is 0 Å². The van der Waals surface area contributed by atoms with Gasteiger partial charge in [-0.25, -0.2) is 14.6 Å². The van der Waals surface area contributed by atoms with E-state index in [4.69, 9.17) is 5.11 Å². The van der Waals surface area contributed by atoms with Crippen LogP contribution in [0.4, 0.5) is 33.2 Å². The molecule has 0 bridgehead atoms. The molecule has 0 saturated heterocycles. The molecular formula is C33H30F4N4O7S. The second-order valence-corrected chi connectivity index (χ2v) is 12.8. The van der Waals surface area contributed by atoms with Crippen molar-refractivity contribution in [1.29, 1.82) is 0 Å². The molecule has 49 heavy (non-hydrogen) atoms. The van der Waals surface area contributed by atoms with Crippen molar-refractivity contribution >= 4 is 50.3 Å². The van der Waals surface area contributed by atoms with Crippen LogP contribution in [0.15, 0.2) is 60.7 Å². The summed E-state index contributed by atoms with van der Waals surface area (Å²) in [6.07, 6.45) is -5.83. The molecule has 3 amide bonds. The average Bonchev–Trinajstić information content (AvgIpc) is 3.46. The number of hydrogen-bond acceptors (Lipinski definition) is 8. The van der Waals surface area contributed by atoms with Gasteiger partial charge in [-0.15, -0.1) is 0 Å². The first-order chi connectivity index (χ1) is 23.3. The van der Waals surface area contributed by atoms with Gasteiger partial charge in [-0.1, -0.05) is 54.9 Å². The Morgan fingerprint density at radius 1 is 0.939 bits per heavy atom. The summed E-state index contributed by atoms with van der Waals surface area (Å²) >= 11 is 0.915. The van der Waals surface area contributed by atoms with E-state index in [9.17, 15) is 37.1 Å². The van der Waals surface area contributed by atoms with Crippen LogP contribution in [0, 0.1) is 0 Å². The number of carbonyl (C=O) groups is 3. The first-order valence-electron chi connectivity index (χ1n) is 15.3. The van der Waals surface area contributed by atoms with Crippen LogP contribution in [0.25, 0.3) is 10.2 Å². The number of alkyl halides is 4. The Balaban J connectivity index is 1.23. The van der Waals surface area contributed by atoms with Crippen LogP contribution in [0.3, 0.4) is 0 Å². The number of nitrogens with zero attached hydrogens (tertiary/aromatic N) is 2. The molecule has 3 aromatic carbocycles. The maximum Gasteiger partial charge on any atom is 0.507 e. The molecule has 2 aliphatic rings. The molecule has 1 fully saturated rings. The van der Waals surface area contributed by atoms with Gasteiger partial charge in [0.15, 0.2) is 22.7 Å². The molecule has 16 heteroatoms. The number of aliphatic carboxylic acids is 1. The van der Waals surface area contributed by atoms with Gasteiger partial charge >= 0.3 is 24.2 Å². The molecule has 1 saturated carbocycles. The summed E-state index contributed by atoms with van der Waals surface area (Å²) in [4.78, 5) is 42.7. The van der Waals surface area contributed by atoms with Crippen molar-refractivity contribution in [3.05, 3.63) is 77.4 Å². The van der Waals surface area contributed by atoms with Gasteiger partial charge in [-0.3, -0.25) is 15.0 Å². The molecule has 0 unspecified atom stereocenters. The maximum absolute atomic E-state index is 13.8. The van der Waals surface area contributed by atoms with Crippen molar-refractivity contribution in [1.82, 2.24) is 10.3 Å². The standard InChI is InChI=1S/C33H30F4N4O7S/c34-32(35)33(36,37)48-26-15-27-23(14-25(26)47-32)39-30(49-27)40-31(46)41(22-12-10-20(11-13-22)19-4-2-1-3-5-19)17-18-6-8-21(9-7-18)28(43)38-16-24(42)29(44)45/h6-15,19,24,42H,1-5,16-17H2,(H,38,43)(H,44,45)(H,39,40,46)/t24-/m1/s1. The van der Waals surface area contributed by atoms with Crippen LogP contribution >= 0.6 is 11.3 Å². The Kier molecular flexibility index (Phi) is 9.35. The Hall–Kier alpha value is -4.96. The highest BCUT2D eigenvalue weighted by molar-refractivity contribution is 7.22. The first-order valence-corrected chi connectivity index (χ1v) is 16.2. The fourth-order valence-electron chi connectivity index (χ4n) is 5.67. The predicted octanol–water partition coefficient (Wildman–Crippen LogP) is 6.71. The number of amides is 3. The molecule has 6 rings (SSSR count). The smallest absolute Gasteiger partial charge is 0.479 e. The molecule has 1 aliphatic heterocycles. The van der Waals surface area contributed by atoms with E-state index < -0.39 is 54.3 Å². The van der Waals surface area contributed by atoms with Gasteiger partial charge in [0.25, 0.3) is 5.91 Å². The zero-order chi connectivity index (χ0) is 34.9. The van der Waals surface area contributed by atoms with Crippen molar-refractivity contribution in [2.75, 3.05) is 16.8 Å². The van der Waals surface area contributed by atoms with Crippen LogP contribution in [0.2, 0.25) is 0 Å². The van der Waals surface area contributed by atoms with Crippen molar-refractivity contribution in [2.45, 2.75) is 62.9 Å². The topological polar surface area (TPSA) is 150 Å². The summed E-state index contributed by atoms with van der Waals surface area (Å²) in [6.45, 7) is -0.437. The van der Waals surface area contributed by atoms with Gasteiger partial charge in [0.2, 0.25) is 0 Å². The Morgan fingerprint density at radius 3 is 2.20 bits per heavy atom. The monoisotopic (exact) mass is 702 g/mol. The van der Waals surface area contributed by atoms with E-state index in [0.717, 1.165) is 49.2 Å². The zero-order valence-electron chi connectivity index (χ0n) is 25.6. The number of aliphatic hydroxyl groups is 1. The molecule has 1 aliphatic carbocycles. The van der Waals surface area contributed by atoms with Gasteiger partial charge in [-0.05, 0) is 54.2 Å². The van der Waals surface area contributed by atoms with E-state index in [-0.39, 0.29) is 27.5 Å². The van der Waals surface area contributed by atoms with Gasteiger partial charge < -0.3 is 25.0 Å². The number of urea groups is 1. The summed E-state index contributed by atoms with van der Waals surface area (Å²) in [5.74, 6) is -2.85. The van der Waals surface area contributed by atoms with Crippen LogP contribution in [0.5, 0.6) is 11.5 Å². The predicted molar refractivity (Wildman–Crippen MR) is 171 cm³/mol. The number of anilines is 2. The highest BCUT2D eigenvalue weighted by Gasteiger charge is 2.66. The number of aromatic nitrogens is 1. The molecule has 1 aromatic heterocycles. The van der Waals surface area contributed by atoms with Gasteiger partial charge in [-0.2, -0.15) is 17.6 Å². The Labute approximate surface area is 280 Å². The summed E-state index contributed by atoms with van der Waals surface area (Å²) in [5.41, 5.74) is 2.65. The van der Waals surface area contributed by atoms with Crippen molar-refractivity contribution in [3.63, 3.8) is 0 Å². The highest BCUT2D eigenvalue weighted by atomic mass is 32.1. The quantitative estimate of drug-likeness (QED) is 0.141. The van der Waals surface area contributed by atoms with E-state index >= 15 is 0 Å². The third kappa shape index (κ3) is 7.39. The van der Waals surface area contributed by atoms with Crippen LogP contribution in [0.1, 0.15) is 59.5 Å². The lowest BCUT2D eigenvalue weighted by Crippen LogP contribution is -2.52. The summed E-state index contributed by atoms with van der Waals surface area (Å²) < 4.78 is 63.6. The second kappa shape index (κ2) is 13.5. The van der Waals surface area contributed by atoms with Gasteiger partial charge in [0.1, 0.15) is 0 Å². The lowest BCUT2D eigenvalue weighted by Gasteiger charge is -2.31. The van der Waals surface area contributed by atoms with Gasteiger partial charge in [0.05, 0.1) is 23.3 Å². The fraction of sp³-hybridized carbons (Fsp3) is 0.333. The number of rotatable bonds is 9. The third-order valence-electron chi connectivity index (χ3n) is 8.31. The molecule has 11 nitrogen and oxygen atoms in total. The molecular weight excluding hydrogens is 672 g/mol. The molecule has 0 radical (unpaired) electrons. The van der Waals surface area contributed by atoms with Gasteiger partial charge in [0, 0.05) is 23.4 Å². The number of carboxylic acid groups (broad SMARTS) is 1. The summed E-state index contributed by atoms with van der Waals surface area (Å²) in [6, 6.07) is 15.4. The molecule has 258 valence electrons. The largest absolute Gasteiger partial charge is 0.507 e. The van der Waals surface area contributed by atoms with Crippen LogP contribution < -0.4 is 25.0 Å². The number of ether oxygens (including phenoxy) is 2. The number of carbonyl (C=O) groups excluding carboxylic acids is 2. The minimum absolute atomic E-state index is 0.0409. The van der Waals surface area contributed by atoms with E-state index in [1.54, 1.807) is 12.1 Å². The second-order valence-electron chi connectivity index (χ2n) is 11.7. The normalized spacial score (nSPS) is 17.2.